The third-order valence-electron chi connectivity index (χ3n) is 5.05. The molecule has 1 unspecified atom stereocenters. The number of nitrogens with one attached hydrogen (secondary N) is 1. The van der Waals surface area contributed by atoms with Crippen LogP contribution < -0.4 is 10.1 Å². The smallest absolute Gasteiger partial charge is 0.120 e. The fourth-order valence-electron chi connectivity index (χ4n) is 3.69. The van der Waals surface area contributed by atoms with E-state index < -0.39 is 0 Å². The molecular formula is C18H27NO. The van der Waals surface area contributed by atoms with Gasteiger partial charge in [-0.15, -0.1) is 0 Å². The van der Waals surface area contributed by atoms with Crippen molar-refractivity contribution >= 4 is 0 Å². The summed E-state index contributed by atoms with van der Waals surface area (Å²) in [7, 11) is 2.07. The van der Waals surface area contributed by atoms with E-state index in [9.17, 15) is 0 Å². The Morgan fingerprint density at radius 2 is 1.90 bits per heavy atom. The van der Waals surface area contributed by atoms with E-state index in [0.29, 0.717) is 12.1 Å². The van der Waals surface area contributed by atoms with Crippen LogP contribution in [0.4, 0.5) is 0 Å². The first kappa shape index (κ1) is 13.9. The number of aryl methyl sites for hydroxylation is 1. The molecule has 1 aromatic carbocycles. The van der Waals surface area contributed by atoms with Gasteiger partial charge in [-0.1, -0.05) is 13.0 Å². The molecule has 2 nitrogen and oxygen atoms in total. The second-order valence-corrected chi connectivity index (χ2v) is 6.59. The van der Waals surface area contributed by atoms with Crippen LogP contribution in [0.3, 0.4) is 0 Å². The maximum atomic E-state index is 6.23. The topological polar surface area (TPSA) is 21.3 Å². The van der Waals surface area contributed by atoms with E-state index in [1.807, 2.05) is 0 Å². The molecule has 0 aliphatic heterocycles. The van der Waals surface area contributed by atoms with Gasteiger partial charge in [0.2, 0.25) is 0 Å². The fourth-order valence-corrected chi connectivity index (χ4v) is 3.69. The standard InChI is InChI=1S/C18H27NO/c1-13-6-9-15(10-7-13)20-16-11-8-14-4-3-5-18(19-2)17(14)12-16/h8,11-13,15,18-19H,3-7,9-10H2,1-2H3. The van der Waals surface area contributed by atoms with Crippen LogP contribution in [0.1, 0.15) is 62.6 Å². The molecule has 0 radical (unpaired) electrons. The highest BCUT2D eigenvalue weighted by Gasteiger charge is 2.22. The lowest BCUT2D eigenvalue weighted by atomic mass is 9.87. The molecule has 2 aliphatic carbocycles. The highest BCUT2D eigenvalue weighted by atomic mass is 16.5. The molecule has 0 saturated heterocycles. The second-order valence-electron chi connectivity index (χ2n) is 6.59. The number of rotatable bonds is 3. The molecule has 1 saturated carbocycles. The molecule has 0 bridgehead atoms. The predicted octanol–water partition coefficient (Wildman–Crippen LogP) is 4.24. The van der Waals surface area contributed by atoms with Crippen LogP contribution in [-0.2, 0) is 6.42 Å². The largest absolute Gasteiger partial charge is 0.490 e. The van der Waals surface area contributed by atoms with Gasteiger partial charge in [0, 0.05) is 6.04 Å². The van der Waals surface area contributed by atoms with Crippen molar-refractivity contribution < 1.29 is 4.74 Å². The SMILES string of the molecule is CNC1CCCc2ccc(OC3CCC(C)CC3)cc21. The summed E-state index contributed by atoms with van der Waals surface area (Å²) in [6.45, 7) is 2.35. The Labute approximate surface area is 122 Å². The van der Waals surface area contributed by atoms with E-state index in [2.05, 4.69) is 37.5 Å². The van der Waals surface area contributed by atoms with Gasteiger partial charge in [0.1, 0.15) is 5.75 Å². The summed E-state index contributed by atoms with van der Waals surface area (Å²) in [6.07, 6.45) is 9.24. The van der Waals surface area contributed by atoms with E-state index >= 15 is 0 Å². The molecule has 0 heterocycles. The number of ether oxygens (including phenoxy) is 1. The van der Waals surface area contributed by atoms with Gasteiger partial charge in [-0.25, -0.2) is 0 Å². The van der Waals surface area contributed by atoms with Gasteiger partial charge in [-0.2, -0.15) is 0 Å². The minimum atomic E-state index is 0.431. The second kappa shape index (κ2) is 6.17. The van der Waals surface area contributed by atoms with Crippen molar-refractivity contribution in [1.82, 2.24) is 5.32 Å². The summed E-state index contributed by atoms with van der Waals surface area (Å²) in [6, 6.07) is 7.25. The molecule has 3 rings (SSSR count). The van der Waals surface area contributed by atoms with Crippen molar-refractivity contribution in [2.75, 3.05) is 7.05 Å². The summed E-state index contributed by atoms with van der Waals surface area (Å²) in [5.74, 6) is 1.96. The number of benzene rings is 1. The number of hydrogen-bond donors (Lipinski definition) is 1. The highest BCUT2D eigenvalue weighted by molar-refractivity contribution is 5.39. The molecule has 0 aromatic heterocycles. The van der Waals surface area contributed by atoms with Crippen molar-refractivity contribution in [1.29, 1.82) is 0 Å². The van der Waals surface area contributed by atoms with Gasteiger partial charge in [0.15, 0.2) is 0 Å². The first-order chi connectivity index (χ1) is 9.76. The van der Waals surface area contributed by atoms with E-state index in [1.165, 1.54) is 56.1 Å². The van der Waals surface area contributed by atoms with Crippen molar-refractivity contribution in [3.05, 3.63) is 29.3 Å². The first-order valence-electron chi connectivity index (χ1n) is 8.23. The van der Waals surface area contributed by atoms with E-state index in [0.717, 1.165) is 11.7 Å². The average Bonchev–Trinajstić information content (AvgIpc) is 2.49. The third-order valence-corrected chi connectivity index (χ3v) is 5.05. The normalized spacial score (nSPS) is 29.8. The van der Waals surface area contributed by atoms with Crippen LogP contribution in [0.25, 0.3) is 0 Å². The molecule has 1 atom stereocenters. The molecule has 1 fully saturated rings. The zero-order chi connectivity index (χ0) is 13.9. The molecule has 2 heteroatoms. The molecule has 2 aliphatic rings. The maximum Gasteiger partial charge on any atom is 0.120 e. The number of fused-ring (bicyclic) bond motifs is 1. The minimum absolute atomic E-state index is 0.431. The Balaban J connectivity index is 1.71. The lowest BCUT2D eigenvalue weighted by Gasteiger charge is -2.29. The monoisotopic (exact) mass is 273 g/mol. The lowest BCUT2D eigenvalue weighted by molar-refractivity contribution is 0.135. The Hall–Kier alpha value is -1.02. The van der Waals surface area contributed by atoms with Crippen LogP contribution >= 0.6 is 0 Å². The van der Waals surface area contributed by atoms with Crippen LogP contribution in [-0.4, -0.2) is 13.2 Å². The Bertz CT molecular complexity index is 449. The van der Waals surface area contributed by atoms with Crippen LogP contribution in [0.5, 0.6) is 5.75 Å². The summed E-state index contributed by atoms with van der Waals surface area (Å²) >= 11 is 0. The molecular weight excluding hydrogens is 246 g/mol. The van der Waals surface area contributed by atoms with Crippen molar-refractivity contribution in [3.63, 3.8) is 0 Å². The molecule has 0 amide bonds. The predicted molar refractivity (Wildman–Crippen MR) is 83.2 cm³/mol. The summed E-state index contributed by atoms with van der Waals surface area (Å²) < 4.78 is 6.23. The molecule has 110 valence electrons. The summed E-state index contributed by atoms with van der Waals surface area (Å²) in [4.78, 5) is 0. The lowest BCUT2D eigenvalue weighted by Crippen LogP contribution is -2.24. The van der Waals surface area contributed by atoms with E-state index in [1.54, 1.807) is 0 Å². The summed E-state index contributed by atoms with van der Waals surface area (Å²) in [5, 5.41) is 3.44. The van der Waals surface area contributed by atoms with Crippen LogP contribution in [0, 0.1) is 5.92 Å². The van der Waals surface area contributed by atoms with Gasteiger partial charge < -0.3 is 10.1 Å². The van der Waals surface area contributed by atoms with Crippen LogP contribution in [0.15, 0.2) is 18.2 Å². The molecule has 20 heavy (non-hydrogen) atoms. The Kier molecular flexibility index (Phi) is 4.30. The highest BCUT2D eigenvalue weighted by Crippen LogP contribution is 2.33. The maximum absolute atomic E-state index is 6.23. The van der Waals surface area contributed by atoms with Crippen molar-refractivity contribution in [2.24, 2.45) is 5.92 Å². The van der Waals surface area contributed by atoms with Gasteiger partial charge >= 0.3 is 0 Å². The zero-order valence-electron chi connectivity index (χ0n) is 12.8. The van der Waals surface area contributed by atoms with Crippen molar-refractivity contribution in [2.45, 2.75) is 64.0 Å². The quantitative estimate of drug-likeness (QED) is 0.889. The molecule has 0 spiro atoms. The van der Waals surface area contributed by atoms with Gasteiger partial charge in [0.05, 0.1) is 6.10 Å². The number of hydrogen-bond acceptors (Lipinski definition) is 2. The molecule has 1 aromatic rings. The van der Waals surface area contributed by atoms with Gasteiger partial charge in [-0.05, 0) is 81.2 Å². The van der Waals surface area contributed by atoms with Crippen molar-refractivity contribution in [3.8, 4) is 5.75 Å². The summed E-state index contributed by atoms with van der Waals surface area (Å²) in [5.41, 5.74) is 2.96. The fraction of sp³-hybridized carbons (Fsp3) is 0.667. The zero-order valence-corrected chi connectivity index (χ0v) is 12.8. The van der Waals surface area contributed by atoms with E-state index in [-0.39, 0.29) is 0 Å². The third kappa shape index (κ3) is 3.01. The molecule has 1 N–H and O–H groups in total. The van der Waals surface area contributed by atoms with Crippen LogP contribution in [0.2, 0.25) is 0 Å². The van der Waals surface area contributed by atoms with E-state index in [4.69, 9.17) is 4.74 Å². The van der Waals surface area contributed by atoms with Gasteiger partial charge in [-0.3, -0.25) is 0 Å². The Morgan fingerprint density at radius 3 is 2.65 bits per heavy atom. The minimum Gasteiger partial charge on any atom is -0.490 e. The van der Waals surface area contributed by atoms with Gasteiger partial charge in [0.25, 0.3) is 0 Å². The average molecular weight is 273 g/mol. The first-order valence-corrected chi connectivity index (χ1v) is 8.23. The Morgan fingerprint density at radius 1 is 1.10 bits per heavy atom.